The molecule has 0 unspecified atom stereocenters. The first kappa shape index (κ1) is 11.1. The highest BCUT2D eigenvalue weighted by Gasteiger charge is 2.18. The lowest BCUT2D eigenvalue weighted by Gasteiger charge is -2.18. The van der Waals surface area contributed by atoms with Crippen molar-refractivity contribution in [3.05, 3.63) is 34.4 Å². The molecule has 2 aliphatic rings. The molecule has 0 saturated heterocycles. The van der Waals surface area contributed by atoms with Crippen LogP contribution in [0.3, 0.4) is 0 Å². The lowest BCUT2D eigenvalue weighted by molar-refractivity contribution is -0.116. The molecule has 2 rings (SSSR count). The van der Waals surface area contributed by atoms with Crippen molar-refractivity contribution in [3.63, 3.8) is 0 Å². The van der Waals surface area contributed by atoms with E-state index in [2.05, 4.69) is 0 Å². The van der Waals surface area contributed by atoms with Gasteiger partial charge in [0.1, 0.15) is 0 Å². The normalized spacial score (nSPS) is 26.6. The summed E-state index contributed by atoms with van der Waals surface area (Å²) in [6.07, 6.45) is 6.85. The van der Waals surface area contributed by atoms with Gasteiger partial charge < -0.3 is 0 Å². The van der Waals surface area contributed by atoms with E-state index in [1.807, 2.05) is 26.0 Å². The highest BCUT2D eigenvalue weighted by molar-refractivity contribution is 5.98. The number of ketones is 2. The molecule has 0 amide bonds. The number of allylic oxidation sites excluding steroid dienone is 6. The summed E-state index contributed by atoms with van der Waals surface area (Å²) in [6.45, 7) is 3.74. The standard InChI is InChI=1S/C14H16O2/c1-9-7-11(3-5-13(9)15)12-4-6-14(16)10(2)8-12/h7-8H,3-6H2,1-2H3/b12-11-. The fraction of sp³-hybridized carbons (Fsp3) is 0.429. The van der Waals surface area contributed by atoms with Crippen molar-refractivity contribution in [2.75, 3.05) is 0 Å². The lowest BCUT2D eigenvalue weighted by Crippen LogP contribution is -2.11. The molecule has 2 heteroatoms. The number of rotatable bonds is 0. The number of carbonyl (C=O) groups excluding carboxylic acids is 2. The molecular weight excluding hydrogens is 200 g/mol. The SMILES string of the molecule is CC1=C/C(=C2\C=C(C)C(=O)CC2)CCC1=O. The van der Waals surface area contributed by atoms with Crippen molar-refractivity contribution in [3.8, 4) is 0 Å². The summed E-state index contributed by atoms with van der Waals surface area (Å²) < 4.78 is 0. The van der Waals surface area contributed by atoms with Crippen LogP contribution in [-0.2, 0) is 9.59 Å². The number of Topliss-reactive ketones (excluding diaryl/α,β-unsaturated/α-hetero) is 2. The lowest BCUT2D eigenvalue weighted by atomic mass is 9.86. The van der Waals surface area contributed by atoms with E-state index in [4.69, 9.17) is 0 Å². The monoisotopic (exact) mass is 216 g/mol. The predicted molar refractivity (Wildman–Crippen MR) is 63.0 cm³/mol. The third-order valence-electron chi connectivity index (χ3n) is 3.32. The zero-order chi connectivity index (χ0) is 11.7. The van der Waals surface area contributed by atoms with Crippen molar-refractivity contribution in [2.24, 2.45) is 0 Å². The van der Waals surface area contributed by atoms with Gasteiger partial charge in [-0.15, -0.1) is 0 Å². The van der Waals surface area contributed by atoms with Crippen molar-refractivity contribution in [2.45, 2.75) is 39.5 Å². The van der Waals surface area contributed by atoms with Crippen LogP contribution in [-0.4, -0.2) is 11.6 Å². The van der Waals surface area contributed by atoms with Crippen LogP contribution < -0.4 is 0 Å². The van der Waals surface area contributed by atoms with Gasteiger partial charge in [0, 0.05) is 12.8 Å². The zero-order valence-electron chi connectivity index (χ0n) is 9.80. The number of hydrogen-bond acceptors (Lipinski definition) is 2. The van der Waals surface area contributed by atoms with Crippen molar-refractivity contribution in [1.82, 2.24) is 0 Å². The molecule has 0 aromatic heterocycles. The van der Waals surface area contributed by atoms with Crippen LogP contribution in [0.2, 0.25) is 0 Å². The molecule has 16 heavy (non-hydrogen) atoms. The van der Waals surface area contributed by atoms with Gasteiger partial charge in [0.25, 0.3) is 0 Å². The second-order valence-corrected chi connectivity index (χ2v) is 4.55. The smallest absolute Gasteiger partial charge is 0.158 e. The van der Waals surface area contributed by atoms with Crippen LogP contribution >= 0.6 is 0 Å². The molecule has 0 saturated carbocycles. The van der Waals surface area contributed by atoms with Gasteiger partial charge in [-0.25, -0.2) is 0 Å². The van der Waals surface area contributed by atoms with Crippen LogP contribution in [0.25, 0.3) is 0 Å². The molecule has 0 fully saturated rings. The Balaban J connectivity index is 2.37. The van der Waals surface area contributed by atoms with Crippen LogP contribution in [0.15, 0.2) is 34.4 Å². The minimum Gasteiger partial charge on any atom is -0.295 e. The molecule has 0 spiro atoms. The molecule has 0 radical (unpaired) electrons. The first-order valence-corrected chi connectivity index (χ1v) is 5.73. The Bertz CT molecular complexity index is 405. The average molecular weight is 216 g/mol. The van der Waals surface area contributed by atoms with Gasteiger partial charge in [-0.05, 0) is 49.0 Å². The van der Waals surface area contributed by atoms with E-state index in [-0.39, 0.29) is 11.6 Å². The van der Waals surface area contributed by atoms with E-state index in [0.717, 1.165) is 24.0 Å². The Labute approximate surface area is 95.7 Å². The van der Waals surface area contributed by atoms with E-state index >= 15 is 0 Å². The minimum absolute atomic E-state index is 0.247. The molecular formula is C14H16O2. The molecule has 2 aliphatic carbocycles. The van der Waals surface area contributed by atoms with Crippen molar-refractivity contribution in [1.29, 1.82) is 0 Å². The molecule has 0 aliphatic heterocycles. The first-order valence-electron chi connectivity index (χ1n) is 5.73. The summed E-state index contributed by atoms with van der Waals surface area (Å²) in [5, 5.41) is 0. The van der Waals surface area contributed by atoms with Gasteiger partial charge in [-0.2, -0.15) is 0 Å². The average Bonchev–Trinajstić information content (AvgIpc) is 2.26. The zero-order valence-corrected chi connectivity index (χ0v) is 9.80. The molecule has 84 valence electrons. The Hall–Kier alpha value is -1.44. The molecule has 0 atom stereocenters. The maximum Gasteiger partial charge on any atom is 0.158 e. The van der Waals surface area contributed by atoms with Gasteiger partial charge in [0.2, 0.25) is 0 Å². The summed E-state index contributed by atoms with van der Waals surface area (Å²) in [4.78, 5) is 22.8. The van der Waals surface area contributed by atoms with Gasteiger partial charge in [-0.3, -0.25) is 9.59 Å². The highest BCUT2D eigenvalue weighted by atomic mass is 16.1. The highest BCUT2D eigenvalue weighted by Crippen LogP contribution is 2.28. The fourth-order valence-electron chi connectivity index (χ4n) is 2.23. The minimum atomic E-state index is 0.247. The van der Waals surface area contributed by atoms with Gasteiger partial charge >= 0.3 is 0 Å². The molecule has 0 aromatic rings. The quantitative estimate of drug-likeness (QED) is 0.624. The second kappa shape index (κ2) is 4.20. The molecule has 0 N–H and O–H groups in total. The molecule has 0 bridgehead atoms. The Morgan fingerprint density at radius 3 is 1.44 bits per heavy atom. The molecule has 0 aromatic carbocycles. The first-order chi connectivity index (χ1) is 7.58. The fourth-order valence-corrected chi connectivity index (χ4v) is 2.23. The van der Waals surface area contributed by atoms with Crippen LogP contribution in [0.4, 0.5) is 0 Å². The summed E-state index contributed by atoms with van der Waals surface area (Å²) in [7, 11) is 0. The Kier molecular flexibility index (Phi) is 2.90. The third-order valence-corrected chi connectivity index (χ3v) is 3.32. The summed E-state index contributed by atoms with van der Waals surface area (Å²) in [5.74, 6) is 0.494. The topological polar surface area (TPSA) is 34.1 Å². The second-order valence-electron chi connectivity index (χ2n) is 4.55. The van der Waals surface area contributed by atoms with Gasteiger partial charge in [0.05, 0.1) is 0 Å². The predicted octanol–water partition coefficient (Wildman–Crippen LogP) is 2.90. The Morgan fingerprint density at radius 2 is 1.12 bits per heavy atom. The summed E-state index contributed by atoms with van der Waals surface area (Å²) >= 11 is 0. The third kappa shape index (κ3) is 2.06. The van der Waals surface area contributed by atoms with Crippen LogP contribution in [0.1, 0.15) is 39.5 Å². The van der Waals surface area contributed by atoms with E-state index in [1.165, 1.54) is 11.1 Å². The van der Waals surface area contributed by atoms with Crippen molar-refractivity contribution < 1.29 is 9.59 Å². The van der Waals surface area contributed by atoms with Crippen molar-refractivity contribution >= 4 is 11.6 Å². The van der Waals surface area contributed by atoms with Crippen LogP contribution in [0.5, 0.6) is 0 Å². The van der Waals surface area contributed by atoms with Crippen LogP contribution in [0, 0.1) is 0 Å². The summed E-state index contributed by atoms with van der Waals surface area (Å²) in [6, 6.07) is 0. The maximum absolute atomic E-state index is 11.4. The maximum atomic E-state index is 11.4. The van der Waals surface area contributed by atoms with E-state index < -0.39 is 0 Å². The summed E-state index contributed by atoms with van der Waals surface area (Å²) in [5.41, 5.74) is 4.17. The molecule has 0 heterocycles. The van der Waals surface area contributed by atoms with Gasteiger partial charge in [-0.1, -0.05) is 12.2 Å². The largest absolute Gasteiger partial charge is 0.295 e. The van der Waals surface area contributed by atoms with Gasteiger partial charge in [0.15, 0.2) is 11.6 Å². The van der Waals surface area contributed by atoms with E-state index in [0.29, 0.717) is 12.8 Å². The van der Waals surface area contributed by atoms with E-state index in [1.54, 1.807) is 0 Å². The van der Waals surface area contributed by atoms with E-state index in [9.17, 15) is 9.59 Å². The Morgan fingerprint density at radius 1 is 0.750 bits per heavy atom. The molecule has 2 nitrogen and oxygen atoms in total. The number of carbonyl (C=O) groups is 2. The number of hydrogen-bond donors (Lipinski definition) is 0.